The van der Waals surface area contributed by atoms with Gasteiger partial charge in [-0.25, -0.2) is 0 Å². The molecule has 0 fully saturated rings. The summed E-state index contributed by atoms with van der Waals surface area (Å²) >= 11 is 5.02. The maximum Gasteiger partial charge on any atom is 0.141 e. The zero-order valence-electron chi connectivity index (χ0n) is 8.85. The quantitative estimate of drug-likeness (QED) is 0.675. The first-order valence-electron chi connectivity index (χ1n) is 4.89. The Hall–Kier alpha value is -1.33. The van der Waals surface area contributed by atoms with Gasteiger partial charge in [0.25, 0.3) is 0 Å². The lowest BCUT2D eigenvalue weighted by atomic mass is 10.3. The van der Waals surface area contributed by atoms with E-state index in [0.29, 0.717) is 5.69 Å². The molecule has 2 rings (SSSR count). The van der Waals surface area contributed by atoms with Gasteiger partial charge < -0.3 is 5.73 Å². The van der Waals surface area contributed by atoms with Crippen LogP contribution in [-0.2, 0) is 0 Å². The van der Waals surface area contributed by atoms with Crippen LogP contribution >= 0.6 is 27.7 Å². The number of aromatic nitrogens is 1. The highest BCUT2D eigenvalue weighted by Crippen LogP contribution is 2.27. The molecule has 0 spiro atoms. The SMILES string of the molecule is N=C(N)c1ccc(Sc2ccc(Br)cc2)cn1. The third-order valence-corrected chi connectivity index (χ3v) is 3.58. The predicted octanol–water partition coefficient (Wildman–Crippen LogP) is 3.28. The Balaban J connectivity index is 2.13. The summed E-state index contributed by atoms with van der Waals surface area (Å²) in [5.41, 5.74) is 5.85. The van der Waals surface area contributed by atoms with Gasteiger partial charge in [0.15, 0.2) is 0 Å². The van der Waals surface area contributed by atoms with Gasteiger partial charge >= 0.3 is 0 Å². The average molecular weight is 308 g/mol. The van der Waals surface area contributed by atoms with E-state index >= 15 is 0 Å². The lowest BCUT2D eigenvalue weighted by Crippen LogP contribution is -2.12. The molecule has 0 saturated carbocycles. The van der Waals surface area contributed by atoms with Crippen molar-refractivity contribution in [2.45, 2.75) is 9.79 Å². The summed E-state index contributed by atoms with van der Waals surface area (Å²) in [5, 5.41) is 7.25. The number of rotatable bonds is 3. The van der Waals surface area contributed by atoms with E-state index in [2.05, 4.69) is 20.9 Å². The number of nitrogen functional groups attached to an aromatic ring is 1. The summed E-state index contributed by atoms with van der Waals surface area (Å²) in [4.78, 5) is 6.28. The molecule has 1 aromatic carbocycles. The van der Waals surface area contributed by atoms with Gasteiger partial charge in [0.2, 0.25) is 0 Å². The van der Waals surface area contributed by atoms with Crippen molar-refractivity contribution in [1.82, 2.24) is 4.98 Å². The molecule has 0 radical (unpaired) electrons. The molecule has 5 heteroatoms. The number of nitrogens with two attached hydrogens (primary N) is 1. The second-order valence-corrected chi connectivity index (χ2v) is 5.41. The molecular formula is C12H10BrN3S. The first-order valence-corrected chi connectivity index (χ1v) is 6.50. The highest BCUT2D eigenvalue weighted by atomic mass is 79.9. The Morgan fingerprint density at radius 3 is 2.29 bits per heavy atom. The highest BCUT2D eigenvalue weighted by molar-refractivity contribution is 9.10. The third kappa shape index (κ3) is 3.31. The normalized spacial score (nSPS) is 10.2. The minimum absolute atomic E-state index is 0.00908. The van der Waals surface area contributed by atoms with Crippen molar-refractivity contribution in [1.29, 1.82) is 5.41 Å². The van der Waals surface area contributed by atoms with Crippen LogP contribution in [0.2, 0.25) is 0 Å². The van der Waals surface area contributed by atoms with Crippen molar-refractivity contribution < 1.29 is 0 Å². The lowest BCUT2D eigenvalue weighted by Gasteiger charge is -2.02. The van der Waals surface area contributed by atoms with Crippen LogP contribution in [0.3, 0.4) is 0 Å². The van der Waals surface area contributed by atoms with E-state index in [1.54, 1.807) is 24.0 Å². The zero-order chi connectivity index (χ0) is 12.3. The van der Waals surface area contributed by atoms with E-state index < -0.39 is 0 Å². The van der Waals surface area contributed by atoms with Gasteiger partial charge in [-0.05, 0) is 36.4 Å². The van der Waals surface area contributed by atoms with Crippen LogP contribution in [0, 0.1) is 5.41 Å². The molecule has 0 bridgehead atoms. The number of nitrogens with one attached hydrogen (secondary N) is 1. The number of hydrogen-bond acceptors (Lipinski definition) is 3. The Labute approximate surface area is 112 Å². The summed E-state index contributed by atoms with van der Waals surface area (Å²) < 4.78 is 1.06. The fourth-order valence-corrected chi connectivity index (χ4v) is 2.29. The number of benzene rings is 1. The van der Waals surface area contributed by atoms with E-state index in [9.17, 15) is 0 Å². The summed E-state index contributed by atoms with van der Waals surface area (Å²) in [6, 6.07) is 11.7. The zero-order valence-corrected chi connectivity index (χ0v) is 11.3. The molecule has 0 atom stereocenters. The van der Waals surface area contributed by atoms with Crippen LogP contribution in [0.1, 0.15) is 5.69 Å². The lowest BCUT2D eigenvalue weighted by molar-refractivity contribution is 1.19. The van der Waals surface area contributed by atoms with Crippen LogP contribution < -0.4 is 5.73 Å². The first kappa shape index (κ1) is 12.1. The van der Waals surface area contributed by atoms with Crippen molar-refractivity contribution in [3.63, 3.8) is 0 Å². The van der Waals surface area contributed by atoms with Crippen molar-refractivity contribution in [2.24, 2.45) is 5.73 Å². The highest BCUT2D eigenvalue weighted by Gasteiger charge is 2.00. The summed E-state index contributed by atoms with van der Waals surface area (Å²) in [7, 11) is 0. The second kappa shape index (κ2) is 5.33. The number of amidine groups is 1. The van der Waals surface area contributed by atoms with E-state index in [-0.39, 0.29) is 5.84 Å². The van der Waals surface area contributed by atoms with Crippen LogP contribution in [0.25, 0.3) is 0 Å². The number of pyridine rings is 1. The maximum absolute atomic E-state index is 7.25. The van der Waals surface area contributed by atoms with Gasteiger partial charge in [-0.3, -0.25) is 10.4 Å². The number of nitrogens with zero attached hydrogens (tertiary/aromatic N) is 1. The molecular weight excluding hydrogens is 298 g/mol. The molecule has 0 unspecified atom stereocenters. The first-order chi connectivity index (χ1) is 8.15. The van der Waals surface area contributed by atoms with Crippen molar-refractivity contribution in [2.75, 3.05) is 0 Å². The molecule has 3 nitrogen and oxygen atoms in total. The largest absolute Gasteiger partial charge is 0.382 e. The van der Waals surface area contributed by atoms with E-state index in [1.807, 2.05) is 30.3 Å². The van der Waals surface area contributed by atoms with Crippen LogP contribution in [0.4, 0.5) is 0 Å². The van der Waals surface area contributed by atoms with Gasteiger partial charge in [-0.15, -0.1) is 0 Å². The average Bonchev–Trinajstić information content (AvgIpc) is 2.33. The van der Waals surface area contributed by atoms with Crippen LogP contribution in [0.15, 0.2) is 56.9 Å². The molecule has 0 amide bonds. The van der Waals surface area contributed by atoms with Crippen molar-refractivity contribution in [3.8, 4) is 0 Å². The Kier molecular flexibility index (Phi) is 3.81. The summed E-state index contributed by atoms with van der Waals surface area (Å²) in [6.07, 6.45) is 1.73. The Morgan fingerprint density at radius 1 is 1.12 bits per heavy atom. The molecule has 0 aliphatic heterocycles. The maximum atomic E-state index is 7.25. The third-order valence-electron chi connectivity index (χ3n) is 2.06. The Morgan fingerprint density at radius 2 is 1.76 bits per heavy atom. The molecule has 0 aliphatic carbocycles. The van der Waals surface area contributed by atoms with Crippen LogP contribution in [-0.4, -0.2) is 10.8 Å². The van der Waals surface area contributed by atoms with Gasteiger partial charge in [0, 0.05) is 20.5 Å². The fraction of sp³-hybridized carbons (Fsp3) is 0. The molecule has 0 aliphatic rings. The minimum atomic E-state index is -0.00908. The summed E-state index contributed by atoms with van der Waals surface area (Å²) in [6.45, 7) is 0. The summed E-state index contributed by atoms with van der Waals surface area (Å²) in [5.74, 6) is -0.00908. The van der Waals surface area contributed by atoms with E-state index in [0.717, 1.165) is 14.3 Å². The van der Waals surface area contributed by atoms with Gasteiger partial charge in [0.1, 0.15) is 11.5 Å². The topological polar surface area (TPSA) is 62.8 Å². The minimum Gasteiger partial charge on any atom is -0.382 e. The predicted molar refractivity (Wildman–Crippen MR) is 73.5 cm³/mol. The fourth-order valence-electron chi connectivity index (χ4n) is 1.24. The monoisotopic (exact) mass is 307 g/mol. The Bertz CT molecular complexity index is 522. The molecule has 86 valence electrons. The number of halogens is 1. The molecule has 1 aromatic heterocycles. The molecule has 3 N–H and O–H groups in total. The van der Waals surface area contributed by atoms with Crippen molar-refractivity contribution >= 4 is 33.5 Å². The van der Waals surface area contributed by atoms with Gasteiger partial charge in [-0.2, -0.15) is 0 Å². The standard InChI is InChI=1S/C12H10BrN3S/c13-8-1-3-9(4-2-8)17-10-5-6-11(12(14)15)16-7-10/h1-7H,(H3,14,15). The molecule has 0 saturated heterocycles. The molecule has 2 aromatic rings. The van der Waals surface area contributed by atoms with E-state index in [4.69, 9.17) is 11.1 Å². The van der Waals surface area contributed by atoms with Crippen LogP contribution in [0.5, 0.6) is 0 Å². The smallest absolute Gasteiger partial charge is 0.141 e. The van der Waals surface area contributed by atoms with Gasteiger partial charge in [0.05, 0.1) is 0 Å². The number of hydrogen-bond donors (Lipinski definition) is 2. The van der Waals surface area contributed by atoms with Gasteiger partial charge in [-0.1, -0.05) is 27.7 Å². The second-order valence-electron chi connectivity index (χ2n) is 3.35. The molecule has 17 heavy (non-hydrogen) atoms. The van der Waals surface area contributed by atoms with Crippen molar-refractivity contribution in [3.05, 3.63) is 52.8 Å². The molecule has 1 heterocycles. The van der Waals surface area contributed by atoms with E-state index in [1.165, 1.54) is 0 Å².